The SMILES string of the molecule is CCOC(=O)/C(=C\OC)P(=O)(OCC)OCC. The Kier molecular flexibility index (Phi) is 7.87. The van der Waals surface area contributed by atoms with Crippen molar-refractivity contribution in [1.29, 1.82) is 0 Å². The lowest BCUT2D eigenvalue weighted by Crippen LogP contribution is -2.12. The molecule has 100 valence electrons. The molecule has 17 heavy (non-hydrogen) atoms. The molecule has 0 rings (SSSR count). The van der Waals surface area contributed by atoms with Gasteiger partial charge in [-0.05, 0) is 20.8 Å². The molecule has 0 aromatic rings. The van der Waals surface area contributed by atoms with Gasteiger partial charge in [-0.25, -0.2) is 4.79 Å². The Labute approximate surface area is 101 Å². The summed E-state index contributed by atoms with van der Waals surface area (Å²) in [6, 6.07) is 0. The molecule has 0 saturated carbocycles. The Morgan fingerprint density at radius 1 is 1.12 bits per heavy atom. The van der Waals surface area contributed by atoms with Crippen molar-refractivity contribution in [3.63, 3.8) is 0 Å². The largest absolute Gasteiger partial charge is 0.503 e. The molecule has 0 aliphatic rings. The zero-order chi connectivity index (χ0) is 13.3. The molecular formula is C10H19O6P. The molecule has 7 heteroatoms. The fourth-order valence-electron chi connectivity index (χ4n) is 1.06. The molecule has 6 nitrogen and oxygen atoms in total. The molecule has 0 atom stereocenters. The molecule has 0 unspecified atom stereocenters. The molecule has 0 N–H and O–H groups in total. The fraction of sp³-hybridized carbons (Fsp3) is 0.700. The van der Waals surface area contributed by atoms with Crippen LogP contribution in [-0.2, 0) is 27.9 Å². The zero-order valence-corrected chi connectivity index (χ0v) is 11.5. The normalized spacial score (nSPS) is 12.4. The molecule has 0 bridgehead atoms. The van der Waals surface area contributed by atoms with Crippen molar-refractivity contribution in [2.45, 2.75) is 20.8 Å². The first-order chi connectivity index (χ1) is 8.05. The monoisotopic (exact) mass is 266 g/mol. The molecule has 0 aliphatic carbocycles. The molecule has 0 spiro atoms. The second-order valence-corrected chi connectivity index (χ2v) is 4.79. The quantitative estimate of drug-likeness (QED) is 0.290. The van der Waals surface area contributed by atoms with E-state index in [0.717, 1.165) is 6.26 Å². The molecule has 0 fully saturated rings. The smallest absolute Gasteiger partial charge is 0.371 e. The highest BCUT2D eigenvalue weighted by atomic mass is 31.2. The number of carbonyl (C=O) groups is 1. The van der Waals surface area contributed by atoms with Gasteiger partial charge in [0.1, 0.15) is 6.26 Å². The first-order valence-corrected chi connectivity index (χ1v) is 6.89. The fourth-order valence-corrected chi connectivity index (χ4v) is 2.61. The average molecular weight is 266 g/mol. The van der Waals surface area contributed by atoms with Crippen LogP contribution in [-0.4, -0.2) is 32.9 Å². The predicted molar refractivity (Wildman–Crippen MR) is 62.6 cm³/mol. The highest BCUT2D eigenvalue weighted by Gasteiger charge is 2.36. The summed E-state index contributed by atoms with van der Waals surface area (Å²) < 4.78 is 31.9. The lowest BCUT2D eigenvalue weighted by molar-refractivity contribution is -0.138. The van der Waals surface area contributed by atoms with E-state index in [2.05, 4.69) is 0 Å². The third-order valence-corrected chi connectivity index (χ3v) is 3.68. The van der Waals surface area contributed by atoms with Crippen LogP contribution in [0.25, 0.3) is 0 Å². The molecule has 0 aromatic carbocycles. The minimum atomic E-state index is -3.67. The number of hydrogen-bond acceptors (Lipinski definition) is 6. The van der Waals surface area contributed by atoms with E-state index >= 15 is 0 Å². The molecule has 0 aromatic heterocycles. The lowest BCUT2D eigenvalue weighted by atomic mass is 10.6. The van der Waals surface area contributed by atoms with Crippen molar-refractivity contribution in [1.82, 2.24) is 0 Å². The van der Waals surface area contributed by atoms with Crippen molar-refractivity contribution in [3.8, 4) is 0 Å². The van der Waals surface area contributed by atoms with Gasteiger partial charge < -0.3 is 18.5 Å². The van der Waals surface area contributed by atoms with Crippen LogP contribution in [0.15, 0.2) is 11.6 Å². The van der Waals surface area contributed by atoms with Crippen LogP contribution in [0.1, 0.15) is 20.8 Å². The van der Waals surface area contributed by atoms with E-state index in [-0.39, 0.29) is 25.1 Å². The Hall–Kier alpha value is -0.840. The van der Waals surface area contributed by atoms with Crippen LogP contribution in [0.2, 0.25) is 0 Å². The second-order valence-electron chi connectivity index (χ2n) is 2.79. The van der Waals surface area contributed by atoms with Crippen LogP contribution in [0.3, 0.4) is 0 Å². The topological polar surface area (TPSA) is 71.1 Å². The Balaban J connectivity index is 5.17. The van der Waals surface area contributed by atoms with E-state index in [9.17, 15) is 9.36 Å². The second kappa shape index (κ2) is 8.28. The van der Waals surface area contributed by atoms with Crippen molar-refractivity contribution < 1.29 is 27.9 Å². The van der Waals surface area contributed by atoms with Gasteiger partial charge in [0.15, 0.2) is 5.31 Å². The molecule has 0 aliphatic heterocycles. The standard InChI is InChI=1S/C10H19O6P/c1-5-14-10(11)9(8-13-4)17(12,15-6-2)16-7-3/h8H,5-7H2,1-4H3/b9-8+. The van der Waals surface area contributed by atoms with Gasteiger partial charge in [-0.15, -0.1) is 0 Å². The number of rotatable bonds is 8. The first kappa shape index (κ1) is 16.2. The number of methoxy groups -OCH3 is 1. The summed E-state index contributed by atoms with van der Waals surface area (Å²) in [5, 5.41) is -0.231. The molecule has 0 radical (unpaired) electrons. The van der Waals surface area contributed by atoms with Crippen LogP contribution in [0, 0.1) is 0 Å². The third-order valence-electron chi connectivity index (χ3n) is 1.61. The van der Waals surface area contributed by atoms with Gasteiger partial charge in [0.05, 0.1) is 26.9 Å². The molecule has 0 heterocycles. The maximum atomic E-state index is 12.3. The van der Waals surface area contributed by atoms with Gasteiger partial charge >= 0.3 is 13.6 Å². The minimum Gasteiger partial charge on any atom is -0.503 e. The van der Waals surface area contributed by atoms with E-state index in [1.165, 1.54) is 7.11 Å². The van der Waals surface area contributed by atoms with Crippen LogP contribution < -0.4 is 0 Å². The number of ether oxygens (including phenoxy) is 2. The van der Waals surface area contributed by atoms with E-state index in [1.807, 2.05) is 0 Å². The summed E-state index contributed by atoms with van der Waals surface area (Å²) in [6.07, 6.45) is 1.03. The lowest BCUT2D eigenvalue weighted by Gasteiger charge is -2.18. The average Bonchev–Trinajstić information content (AvgIpc) is 2.26. The van der Waals surface area contributed by atoms with Gasteiger partial charge in [0.25, 0.3) is 0 Å². The summed E-state index contributed by atoms with van der Waals surface area (Å²) in [7, 11) is -2.34. The van der Waals surface area contributed by atoms with Gasteiger partial charge in [-0.2, -0.15) is 0 Å². The summed E-state index contributed by atoms with van der Waals surface area (Å²) >= 11 is 0. The molecular weight excluding hydrogens is 247 g/mol. The van der Waals surface area contributed by atoms with Crippen molar-refractivity contribution in [2.24, 2.45) is 0 Å². The predicted octanol–water partition coefficient (Wildman–Crippen LogP) is 2.30. The number of esters is 1. The Morgan fingerprint density at radius 2 is 1.65 bits per heavy atom. The van der Waals surface area contributed by atoms with Crippen molar-refractivity contribution >= 4 is 13.6 Å². The van der Waals surface area contributed by atoms with Gasteiger partial charge in [0.2, 0.25) is 0 Å². The van der Waals surface area contributed by atoms with E-state index in [4.69, 9.17) is 18.5 Å². The minimum absolute atomic E-state index is 0.151. The maximum absolute atomic E-state index is 12.3. The van der Waals surface area contributed by atoms with Gasteiger partial charge in [-0.3, -0.25) is 4.57 Å². The molecule has 0 amide bonds. The van der Waals surface area contributed by atoms with Crippen molar-refractivity contribution in [3.05, 3.63) is 11.6 Å². The summed E-state index contributed by atoms with van der Waals surface area (Å²) in [5.41, 5.74) is 0. The number of hydrogen-bond donors (Lipinski definition) is 0. The summed E-state index contributed by atoms with van der Waals surface area (Å²) in [4.78, 5) is 11.6. The summed E-state index contributed by atoms with van der Waals surface area (Å²) in [6.45, 7) is 5.42. The first-order valence-electron chi connectivity index (χ1n) is 5.35. The van der Waals surface area contributed by atoms with Crippen LogP contribution in [0.4, 0.5) is 0 Å². The van der Waals surface area contributed by atoms with Gasteiger partial charge in [0, 0.05) is 0 Å². The Bertz CT molecular complexity index is 302. The van der Waals surface area contributed by atoms with E-state index in [0.29, 0.717) is 0 Å². The third kappa shape index (κ3) is 4.89. The van der Waals surface area contributed by atoms with Crippen LogP contribution in [0.5, 0.6) is 0 Å². The van der Waals surface area contributed by atoms with Crippen LogP contribution >= 0.6 is 7.60 Å². The maximum Gasteiger partial charge on any atom is 0.371 e. The van der Waals surface area contributed by atoms with E-state index in [1.54, 1.807) is 20.8 Å². The zero-order valence-electron chi connectivity index (χ0n) is 10.6. The van der Waals surface area contributed by atoms with E-state index < -0.39 is 13.6 Å². The number of carbonyl (C=O) groups excluding carboxylic acids is 1. The highest BCUT2D eigenvalue weighted by molar-refractivity contribution is 7.59. The highest BCUT2D eigenvalue weighted by Crippen LogP contribution is 2.56. The van der Waals surface area contributed by atoms with Crippen molar-refractivity contribution in [2.75, 3.05) is 26.9 Å². The van der Waals surface area contributed by atoms with Gasteiger partial charge in [-0.1, -0.05) is 0 Å². The Morgan fingerprint density at radius 3 is 2.00 bits per heavy atom. The molecule has 0 saturated heterocycles. The summed E-state index contributed by atoms with van der Waals surface area (Å²) in [5.74, 6) is -0.764.